The monoisotopic (exact) mass is 406 g/mol. The van der Waals surface area contributed by atoms with Crippen LogP contribution in [0.4, 0.5) is 10.1 Å². The summed E-state index contributed by atoms with van der Waals surface area (Å²) in [5, 5.41) is 3.46. The van der Waals surface area contributed by atoms with E-state index in [0.717, 1.165) is 53.6 Å². The second-order valence-electron chi connectivity index (χ2n) is 8.56. The number of benzene rings is 2. The van der Waals surface area contributed by atoms with Crippen LogP contribution in [0.15, 0.2) is 52.4 Å². The van der Waals surface area contributed by atoms with E-state index in [4.69, 9.17) is 9.98 Å². The van der Waals surface area contributed by atoms with Gasteiger partial charge in [0.2, 0.25) is 5.96 Å². The number of guanidine groups is 1. The second kappa shape index (κ2) is 8.99. The molecule has 1 unspecified atom stereocenters. The van der Waals surface area contributed by atoms with Crippen LogP contribution in [0.3, 0.4) is 0 Å². The first-order valence-corrected chi connectivity index (χ1v) is 11.0. The number of anilines is 1. The van der Waals surface area contributed by atoms with Crippen LogP contribution >= 0.6 is 0 Å². The Labute approximate surface area is 178 Å². The Kier molecular flexibility index (Phi) is 6.16. The molecule has 1 heterocycles. The number of aryl methyl sites for hydroxylation is 2. The van der Waals surface area contributed by atoms with E-state index in [2.05, 4.69) is 49.2 Å². The van der Waals surface area contributed by atoms with Crippen LogP contribution in [-0.2, 0) is 0 Å². The number of nitrogens with one attached hydrogen (secondary N) is 1. The molecule has 4 nitrogen and oxygen atoms in total. The Balaban J connectivity index is 1.77. The second-order valence-corrected chi connectivity index (χ2v) is 8.56. The van der Waals surface area contributed by atoms with Crippen LogP contribution in [0.1, 0.15) is 55.7 Å². The Bertz CT molecular complexity index is 924. The van der Waals surface area contributed by atoms with Gasteiger partial charge in [-0.15, -0.1) is 0 Å². The van der Waals surface area contributed by atoms with Crippen molar-refractivity contribution in [1.82, 2.24) is 4.90 Å². The van der Waals surface area contributed by atoms with Crippen LogP contribution in [-0.4, -0.2) is 35.3 Å². The highest BCUT2D eigenvalue weighted by Gasteiger charge is 2.27. The SMILES string of the molecule is Cc1cccc(C)c1/C(=N\C(=NC1CC1)N1CCCCC1C)Nc1ccc(F)cc1. The fourth-order valence-electron chi connectivity index (χ4n) is 4.03. The fourth-order valence-corrected chi connectivity index (χ4v) is 4.03. The molecule has 158 valence electrons. The van der Waals surface area contributed by atoms with Crippen LogP contribution in [0.2, 0.25) is 0 Å². The maximum Gasteiger partial charge on any atom is 0.223 e. The number of hydrogen-bond donors (Lipinski definition) is 1. The minimum absolute atomic E-state index is 0.246. The van der Waals surface area contributed by atoms with Crippen LogP contribution in [0, 0.1) is 19.7 Å². The number of likely N-dealkylation sites (tertiary alicyclic amines) is 1. The number of rotatable bonds is 3. The first-order chi connectivity index (χ1) is 14.5. The third-order valence-electron chi connectivity index (χ3n) is 5.94. The lowest BCUT2D eigenvalue weighted by atomic mass is 10.0. The molecule has 30 heavy (non-hydrogen) atoms. The van der Waals surface area contributed by atoms with Crippen molar-refractivity contribution in [2.75, 3.05) is 11.9 Å². The molecule has 4 rings (SSSR count). The zero-order valence-electron chi connectivity index (χ0n) is 18.2. The topological polar surface area (TPSA) is 40.0 Å². The maximum absolute atomic E-state index is 13.4. The molecule has 2 aromatic carbocycles. The van der Waals surface area contributed by atoms with Crippen molar-refractivity contribution in [3.63, 3.8) is 0 Å². The van der Waals surface area contributed by atoms with Gasteiger partial charge in [-0.3, -0.25) is 0 Å². The number of halogens is 1. The molecular formula is C25H31FN4. The molecule has 1 aliphatic heterocycles. The summed E-state index contributed by atoms with van der Waals surface area (Å²) in [6.45, 7) is 7.47. The van der Waals surface area contributed by atoms with Gasteiger partial charge in [-0.25, -0.2) is 9.38 Å². The van der Waals surface area contributed by atoms with Crippen molar-refractivity contribution in [2.45, 2.75) is 65.0 Å². The van der Waals surface area contributed by atoms with Crippen molar-refractivity contribution in [2.24, 2.45) is 9.98 Å². The highest BCUT2D eigenvalue weighted by Crippen LogP contribution is 2.27. The zero-order valence-corrected chi connectivity index (χ0v) is 18.2. The summed E-state index contributed by atoms with van der Waals surface area (Å²) in [6, 6.07) is 13.5. The zero-order chi connectivity index (χ0) is 21.1. The summed E-state index contributed by atoms with van der Waals surface area (Å²) in [5.41, 5.74) is 4.20. The lowest BCUT2D eigenvalue weighted by Crippen LogP contribution is -2.42. The van der Waals surface area contributed by atoms with Crippen molar-refractivity contribution in [3.05, 3.63) is 65.0 Å². The van der Waals surface area contributed by atoms with Crippen LogP contribution in [0.5, 0.6) is 0 Å². The molecule has 0 bridgehead atoms. The molecule has 0 radical (unpaired) electrons. The molecule has 0 spiro atoms. The molecule has 2 aromatic rings. The number of aliphatic imine (C=N–C) groups is 2. The van der Waals surface area contributed by atoms with Gasteiger partial charge in [0.05, 0.1) is 6.04 Å². The largest absolute Gasteiger partial charge is 0.340 e. The van der Waals surface area contributed by atoms with Crippen LogP contribution in [0.25, 0.3) is 0 Å². The molecule has 1 saturated carbocycles. The van der Waals surface area contributed by atoms with E-state index in [-0.39, 0.29) is 5.82 Å². The lowest BCUT2D eigenvalue weighted by molar-refractivity contribution is 0.255. The van der Waals surface area contributed by atoms with E-state index in [0.29, 0.717) is 12.1 Å². The van der Waals surface area contributed by atoms with Crippen LogP contribution < -0.4 is 5.32 Å². The Morgan fingerprint density at radius 3 is 2.33 bits per heavy atom. The maximum atomic E-state index is 13.4. The highest BCUT2D eigenvalue weighted by molar-refractivity contribution is 6.14. The number of nitrogens with zero attached hydrogens (tertiary/aromatic N) is 3. The van der Waals surface area contributed by atoms with Gasteiger partial charge in [0.1, 0.15) is 11.7 Å². The molecule has 2 aliphatic rings. The summed E-state index contributed by atoms with van der Waals surface area (Å²) in [5.74, 6) is 1.36. The quantitative estimate of drug-likeness (QED) is 0.525. The van der Waals surface area contributed by atoms with Crippen molar-refractivity contribution < 1.29 is 4.39 Å². The molecule has 0 aromatic heterocycles. The van der Waals surface area contributed by atoms with Gasteiger partial charge in [-0.1, -0.05) is 18.2 Å². The summed E-state index contributed by atoms with van der Waals surface area (Å²) in [4.78, 5) is 12.5. The standard InChI is InChI=1S/C25H31FN4/c1-17-7-6-8-18(2)23(17)24(27-21-12-10-20(26)11-13-21)29-25(28-22-14-15-22)30-16-5-4-9-19(30)3/h6-8,10-13,19,22H,4-5,9,14-16H2,1-3H3,(H,27,28,29). The Morgan fingerprint density at radius 2 is 1.70 bits per heavy atom. The number of amidine groups is 1. The van der Waals surface area contributed by atoms with Crippen molar-refractivity contribution >= 4 is 17.5 Å². The van der Waals surface area contributed by atoms with E-state index in [9.17, 15) is 4.39 Å². The summed E-state index contributed by atoms with van der Waals surface area (Å²) >= 11 is 0. The number of hydrogen-bond acceptors (Lipinski definition) is 1. The summed E-state index contributed by atoms with van der Waals surface area (Å²) in [7, 11) is 0. The number of piperidine rings is 1. The molecule has 1 N–H and O–H groups in total. The van der Waals surface area contributed by atoms with E-state index >= 15 is 0 Å². The van der Waals surface area contributed by atoms with Crippen molar-refractivity contribution in [1.29, 1.82) is 0 Å². The van der Waals surface area contributed by atoms with Gasteiger partial charge >= 0.3 is 0 Å². The fraction of sp³-hybridized carbons (Fsp3) is 0.440. The molecule has 1 aliphatic carbocycles. The van der Waals surface area contributed by atoms with Gasteiger partial charge in [0.15, 0.2) is 0 Å². The normalized spacial score (nSPS) is 20.4. The minimum atomic E-state index is -0.246. The highest BCUT2D eigenvalue weighted by atomic mass is 19.1. The molecular weight excluding hydrogens is 375 g/mol. The molecule has 1 saturated heterocycles. The molecule has 2 fully saturated rings. The minimum Gasteiger partial charge on any atom is -0.340 e. The van der Waals surface area contributed by atoms with E-state index in [1.165, 1.54) is 31.4 Å². The average molecular weight is 407 g/mol. The van der Waals surface area contributed by atoms with E-state index in [1.54, 1.807) is 12.1 Å². The summed E-state index contributed by atoms with van der Waals surface area (Å²) in [6.07, 6.45) is 5.89. The third-order valence-corrected chi connectivity index (χ3v) is 5.94. The van der Waals surface area contributed by atoms with Crippen molar-refractivity contribution in [3.8, 4) is 0 Å². The first kappa shape index (κ1) is 20.6. The Morgan fingerprint density at radius 1 is 1.00 bits per heavy atom. The predicted molar refractivity (Wildman–Crippen MR) is 123 cm³/mol. The van der Waals surface area contributed by atoms with Gasteiger partial charge < -0.3 is 10.2 Å². The molecule has 0 amide bonds. The van der Waals surface area contributed by atoms with E-state index in [1.807, 2.05) is 0 Å². The first-order valence-electron chi connectivity index (χ1n) is 11.0. The van der Waals surface area contributed by atoms with Gasteiger partial charge in [-0.05, 0) is 88.3 Å². The average Bonchev–Trinajstić information content (AvgIpc) is 3.53. The molecule has 1 atom stereocenters. The van der Waals surface area contributed by atoms with Gasteiger partial charge in [0, 0.05) is 23.8 Å². The Hall–Kier alpha value is -2.69. The predicted octanol–water partition coefficient (Wildman–Crippen LogP) is 5.69. The lowest BCUT2D eigenvalue weighted by Gasteiger charge is -2.34. The van der Waals surface area contributed by atoms with E-state index < -0.39 is 0 Å². The smallest absolute Gasteiger partial charge is 0.223 e. The molecule has 5 heteroatoms. The van der Waals surface area contributed by atoms with Gasteiger partial charge in [-0.2, -0.15) is 4.99 Å². The third kappa shape index (κ3) is 4.89. The summed E-state index contributed by atoms with van der Waals surface area (Å²) < 4.78 is 13.4. The van der Waals surface area contributed by atoms with Gasteiger partial charge in [0.25, 0.3) is 0 Å².